The van der Waals surface area contributed by atoms with Gasteiger partial charge in [-0.3, -0.25) is 13.9 Å². The monoisotopic (exact) mass is 531 g/mol. The van der Waals surface area contributed by atoms with Crippen LogP contribution in [0.3, 0.4) is 0 Å². The summed E-state index contributed by atoms with van der Waals surface area (Å²) in [4.78, 5) is 28.1. The number of hydrogen-bond acceptors (Lipinski definition) is 5. The van der Waals surface area contributed by atoms with Crippen molar-refractivity contribution in [1.82, 2.24) is 10.2 Å². The summed E-state index contributed by atoms with van der Waals surface area (Å²) in [6.07, 6.45) is 2.00. The van der Waals surface area contributed by atoms with Crippen LogP contribution in [0.5, 0.6) is 5.75 Å². The van der Waals surface area contributed by atoms with Crippen LogP contribution in [0.25, 0.3) is 0 Å². The molecule has 0 saturated heterocycles. The van der Waals surface area contributed by atoms with E-state index in [1.54, 1.807) is 29.2 Å². The molecule has 0 radical (unpaired) electrons. The number of ether oxygens (including phenoxy) is 1. The third kappa shape index (κ3) is 9.07. The average molecular weight is 532 g/mol. The first kappa shape index (κ1) is 30.2. The normalized spacial score (nSPS) is 12.2. The highest BCUT2D eigenvalue weighted by Crippen LogP contribution is 2.30. The van der Waals surface area contributed by atoms with Crippen molar-refractivity contribution in [3.8, 4) is 5.75 Å². The average Bonchev–Trinajstić information content (AvgIpc) is 2.81. The van der Waals surface area contributed by atoms with Gasteiger partial charge in [0.05, 0.1) is 18.6 Å². The minimum atomic E-state index is -3.61. The molecule has 0 unspecified atom stereocenters. The number of amides is 2. The second-order valence-electron chi connectivity index (χ2n) is 9.44. The van der Waals surface area contributed by atoms with Crippen LogP contribution in [0.2, 0.25) is 0 Å². The summed E-state index contributed by atoms with van der Waals surface area (Å²) >= 11 is 0. The molecule has 0 spiro atoms. The van der Waals surface area contributed by atoms with Gasteiger partial charge < -0.3 is 15.0 Å². The fraction of sp³-hybridized carbons (Fsp3) is 0.500. The molecule has 0 bridgehead atoms. The first-order chi connectivity index (χ1) is 17.5. The Bertz CT molecular complexity index is 1150. The predicted molar refractivity (Wildman–Crippen MR) is 148 cm³/mol. The Morgan fingerprint density at radius 2 is 1.76 bits per heavy atom. The molecule has 8 nitrogen and oxygen atoms in total. The van der Waals surface area contributed by atoms with Crippen LogP contribution in [0.15, 0.2) is 48.5 Å². The van der Waals surface area contributed by atoms with Crippen LogP contribution in [0.1, 0.15) is 58.1 Å². The van der Waals surface area contributed by atoms with E-state index in [0.29, 0.717) is 37.4 Å². The molecule has 2 aromatic carbocycles. The molecule has 0 fully saturated rings. The summed E-state index contributed by atoms with van der Waals surface area (Å²) in [5, 5.41) is 2.93. The molecule has 0 heterocycles. The van der Waals surface area contributed by atoms with Gasteiger partial charge in [0.25, 0.3) is 0 Å². The zero-order chi connectivity index (χ0) is 27.6. The fourth-order valence-electron chi connectivity index (χ4n) is 4.23. The molecule has 204 valence electrons. The molecular weight excluding hydrogens is 490 g/mol. The zero-order valence-corrected chi connectivity index (χ0v) is 23.7. The van der Waals surface area contributed by atoms with Crippen molar-refractivity contribution in [3.05, 3.63) is 59.7 Å². The van der Waals surface area contributed by atoms with Crippen molar-refractivity contribution >= 4 is 27.5 Å². The first-order valence-electron chi connectivity index (χ1n) is 12.8. The maximum atomic E-state index is 13.5. The van der Waals surface area contributed by atoms with Crippen molar-refractivity contribution < 1.29 is 22.7 Å². The smallest absolute Gasteiger partial charge is 0.243 e. The summed E-state index contributed by atoms with van der Waals surface area (Å²) in [5.41, 5.74) is 2.45. The highest BCUT2D eigenvalue weighted by Gasteiger charge is 2.29. The summed E-state index contributed by atoms with van der Waals surface area (Å²) in [7, 11) is -3.61. The number of sulfonamides is 1. The van der Waals surface area contributed by atoms with E-state index in [0.717, 1.165) is 17.4 Å². The lowest BCUT2D eigenvalue weighted by molar-refractivity contribution is -0.141. The van der Waals surface area contributed by atoms with Gasteiger partial charge in [0.2, 0.25) is 21.8 Å². The molecule has 0 aliphatic carbocycles. The molecule has 0 saturated carbocycles. The number of hydrogen-bond donors (Lipinski definition) is 1. The maximum absolute atomic E-state index is 13.5. The minimum absolute atomic E-state index is 0.0498. The van der Waals surface area contributed by atoms with E-state index in [-0.39, 0.29) is 30.8 Å². The van der Waals surface area contributed by atoms with E-state index in [9.17, 15) is 18.0 Å². The lowest BCUT2D eigenvalue weighted by atomic mass is 10.1. The quantitative estimate of drug-likeness (QED) is 0.393. The molecule has 1 atom stereocenters. The fourth-order valence-corrected chi connectivity index (χ4v) is 5.20. The number of aryl methyl sites for hydroxylation is 1. The van der Waals surface area contributed by atoms with Crippen molar-refractivity contribution in [3.63, 3.8) is 0 Å². The molecule has 0 aromatic heterocycles. The Labute approximate surface area is 222 Å². The number of nitrogens with zero attached hydrogens (tertiary/aromatic N) is 2. The highest BCUT2D eigenvalue weighted by molar-refractivity contribution is 7.92. The summed E-state index contributed by atoms with van der Waals surface area (Å²) in [6.45, 7) is 10.3. The Morgan fingerprint density at radius 3 is 2.35 bits per heavy atom. The van der Waals surface area contributed by atoms with Gasteiger partial charge in [-0.2, -0.15) is 0 Å². The lowest BCUT2D eigenvalue weighted by Gasteiger charge is -2.32. The maximum Gasteiger partial charge on any atom is 0.243 e. The van der Waals surface area contributed by atoms with Crippen LogP contribution in [0, 0.1) is 6.92 Å². The van der Waals surface area contributed by atoms with Gasteiger partial charge in [-0.05, 0) is 58.2 Å². The molecule has 2 aromatic rings. The number of carbonyl (C=O) groups excluding carboxylic acids is 2. The van der Waals surface area contributed by atoms with Crippen molar-refractivity contribution in [2.45, 2.75) is 72.5 Å². The van der Waals surface area contributed by atoms with Gasteiger partial charge in [-0.25, -0.2) is 8.42 Å². The van der Waals surface area contributed by atoms with Crippen molar-refractivity contribution in [1.29, 1.82) is 0 Å². The lowest BCUT2D eigenvalue weighted by Crippen LogP contribution is -2.50. The second-order valence-corrected chi connectivity index (χ2v) is 11.3. The van der Waals surface area contributed by atoms with Gasteiger partial charge in [0.1, 0.15) is 11.8 Å². The summed E-state index contributed by atoms with van der Waals surface area (Å²) in [5.74, 6) is 0.0833. The largest absolute Gasteiger partial charge is 0.492 e. The van der Waals surface area contributed by atoms with E-state index < -0.39 is 16.1 Å². The first-order valence-corrected chi connectivity index (χ1v) is 14.7. The van der Waals surface area contributed by atoms with Crippen molar-refractivity contribution in [2.24, 2.45) is 0 Å². The van der Waals surface area contributed by atoms with Crippen molar-refractivity contribution in [2.75, 3.05) is 23.7 Å². The third-order valence-electron chi connectivity index (χ3n) is 5.84. The predicted octanol–water partition coefficient (Wildman–Crippen LogP) is 4.27. The second kappa shape index (κ2) is 14.0. The summed E-state index contributed by atoms with van der Waals surface area (Å²) in [6, 6.07) is 14.1. The molecule has 0 aliphatic heterocycles. The molecule has 1 N–H and O–H groups in total. The number of nitrogens with one attached hydrogen (secondary N) is 1. The van der Waals surface area contributed by atoms with Gasteiger partial charge >= 0.3 is 0 Å². The summed E-state index contributed by atoms with van der Waals surface area (Å²) < 4.78 is 32.2. The van der Waals surface area contributed by atoms with E-state index in [1.165, 1.54) is 4.31 Å². The van der Waals surface area contributed by atoms with Gasteiger partial charge in [0, 0.05) is 25.6 Å². The Balaban J connectivity index is 2.25. The van der Waals surface area contributed by atoms with Crippen LogP contribution in [0.4, 0.5) is 5.69 Å². The van der Waals surface area contributed by atoms with E-state index >= 15 is 0 Å². The number of para-hydroxylation sites is 2. The van der Waals surface area contributed by atoms with Gasteiger partial charge in [-0.15, -0.1) is 0 Å². The number of benzene rings is 2. The Hall–Kier alpha value is -3.07. The molecule has 2 amide bonds. The third-order valence-corrected chi connectivity index (χ3v) is 7.02. The standard InChI is InChI=1S/C28H41N3O5S/c1-7-24(28(33)29-21(3)4)30(20-23-14-11-13-22(5)19-23)27(32)17-12-18-31(37(6,34)35)25-15-9-10-16-26(25)36-8-2/h9-11,13-16,19,21,24H,7-8,12,17-18,20H2,1-6H3,(H,29,33)/t24-/m0/s1. The molecule has 9 heteroatoms. The zero-order valence-electron chi connectivity index (χ0n) is 22.9. The van der Waals surface area contributed by atoms with Gasteiger partial charge in [0.15, 0.2) is 0 Å². The van der Waals surface area contributed by atoms with Crippen LogP contribution < -0.4 is 14.4 Å². The Kier molecular flexibility index (Phi) is 11.4. The van der Waals surface area contributed by atoms with Gasteiger partial charge in [-0.1, -0.05) is 48.9 Å². The number of rotatable bonds is 14. The molecule has 2 rings (SSSR count). The molecular formula is C28H41N3O5S. The van der Waals surface area contributed by atoms with E-state index in [4.69, 9.17) is 4.74 Å². The topological polar surface area (TPSA) is 96.0 Å². The van der Waals surface area contributed by atoms with Crippen LogP contribution >= 0.6 is 0 Å². The molecule has 37 heavy (non-hydrogen) atoms. The minimum Gasteiger partial charge on any atom is -0.492 e. The van der Waals surface area contributed by atoms with Crippen LogP contribution in [-0.2, 0) is 26.2 Å². The highest BCUT2D eigenvalue weighted by atomic mass is 32.2. The van der Waals surface area contributed by atoms with Crippen LogP contribution in [-0.4, -0.2) is 56.6 Å². The number of carbonyl (C=O) groups is 2. The Morgan fingerprint density at radius 1 is 1.05 bits per heavy atom. The molecule has 0 aliphatic rings. The van der Waals surface area contributed by atoms with E-state index in [2.05, 4.69) is 5.32 Å². The SMILES string of the molecule is CCOc1ccccc1N(CCCC(=O)N(Cc1cccc(C)c1)[C@@H](CC)C(=O)NC(C)C)S(C)(=O)=O. The van der Waals surface area contributed by atoms with E-state index in [1.807, 2.05) is 58.9 Å². The number of anilines is 1.